The van der Waals surface area contributed by atoms with Crippen molar-refractivity contribution in [2.45, 2.75) is 6.10 Å². The quantitative estimate of drug-likeness (QED) is 0.792. The Morgan fingerprint density at radius 3 is 3.20 bits per heavy atom. The molecule has 1 unspecified atom stereocenters. The molecule has 1 aliphatic heterocycles. The van der Waals surface area contributed by atoms with Crippen LogP contribution in [0.5, 0.6) is 5.75 Å². The van der Waals surface area contributed by atoms with Crippen molar-refractivity contribution in [2.75, 3.05) is 19.0 Å². The van der Waals surface area contributed by atoms with Gasteiger partial charge in [0.25, 0.3) is 0 Å². The van der Waals surface area contributed by atoms with Gasteiger partial charge in [-0.05, 0) is 18.2 Å². The van der Waals surface area contributed by atoms with Crippen molar-refractivity contribution < 1.29 is 14.3 Å². The lowest BCUT2D eigenvalue weighted by molar-refractivity contribution is -0.148. The number of rotatable bonds is 1. The molecule has 1 aromatic rings. The Morgan fingerprint density at radius 1 is 1.67 bits per heavy atom. The average Bonchev–Trinajstić information content (AvgIpc) is 2.27. The molecule has 1 aromatic carbocycles. The van der Waals surface area contributed by atoms with Crippen molar-refractivity contribution in [1.82, 2.24) is 0 Å². The fourth-order valence-electron chi connectivity index (χ4n) is 1.40. The van der Waals surface area contributed by atoms with Crippen molar-refractivity contribution in [3.05, 3.63) is 22.7 Å². The van der Waals surface area contributed by atoms with Gasteiger partial charge in [0.15, 0.2) is 0 Å². The van der Waals surface area contributed by atoms with Crippen molar-refractivity contribution in [2.24, 2.45) is 0 Å². The topological polar surface area (TPSA) is 47.6 Å². The van der Waals surface area contributed by atoms with E-state index >= 15 is 0 Å². The van der Waals surface area contributed by atoms with Crippen molar-refractivity contribution in [3.8, 4) is 5.75 Å². The predicted octanol–water partition coefficient (Wildman–Crippen LogP) is 1.79. The second-order valence-electron chi connectivity index (χ2n) is 3.15. The Hall–Kier alpha value is -1.23. The SMILES string of the molecule is COC(=O)C1CNc2cc(Br)ccc2O1. The lowest BCUT2D eigenvalue weighted by Gasteiger charge is -2.25. The number of methoxy groups -OCH3 is 1. The molecule has 1 heterocycles. The zero-order chi connectivity index (χ0) is 10.8. The molecule has 4 nitrogen and oxygen atoms in total. The van der Waals surface area contributed by atoms with Crippen LogP contribution in [-0.4, -0.2) is 25.7 Å². The van der Waals surface area contributed by atoms with Crippen LogP contribution >= 0.6 is 15.9 Å². The monoisotopic (exact) mass is 271 g/mol. The summed E-state index contributed by atoms with van der Waals surface area (Å²) in [6, 6.07) is 5.57. The van der Waals surface area contributed by atoms with Crippen molar-refractivity contribution in [1.29, 1.82) is 0 Å². The maximum atomic E-state index is 11.2. The second-order valence-corrected chi connectivity index (χ2v) is 4.07. The summed E-state index contributed by atoms with van der Waals surface area (Å²) in [7, 11) is 1.35. The molecule has 0 spiro atoms. The number of halogens is 1. The van der Waals surface area contributed by atoms with Crippen LogP contribution in [0.15, 0.2) is 22.7 Å². The molecular formula is C10H10BrNO3. The van der Waals surface area contributed by atoms with E-state index in [1.807, 2.05) is 18.2 Å². The molecule has 80 valence electrons. The largest absolute Gasteiger partial charge is 0.475 e. The summed E-state index contributed by atoms with van der Waals surface area (Å²) in [4.78, 5) is 11.2. The molecule has 0 radical (unpaired) electrons. The number of benzene rings is 1. The van der Waals surface area contributed by atoms with Crippen LogP contribution < -0.4 is 10.1 Å². The Balaban J connectivity index is 2.20. The number of anilines is 1. The fourth-order valence-corrected chi connectivity index (χ4v) is 1.76. The number of hydrogen-bond acceptors (Lipinski definition) is 4. The lowest BCUT2D eigenvalue weighted by atomic mass is 10.2. The zero-order valence-corrected chi connectivity index (χ0v) is 9.71. The van der Waals surface area contributed by atoms with Crippen LogP contribution in [0.3, 0.4) is 0 Å². The fraction of sp³-hybridized carbons (Fsp3) is 0.300. The number of carbonyl (C=O) groups is 1. The third-order valence-electron chi connectivity index (χ3n) is 2.15. The van der Waals surface area contributed by atoms with Gasteiger partial charge in [-0.1, -0.05) is 15.9 Å². The number of fused-ring (bicyclic) bond motifs is 1. The first-order valence-corrected chi connectivity index (χ1v) is 5.28. The summed E-state index contributed by atoms with van der Waals surface area (Å²) in [6.45, 7) is 0.427. The number of nitrogens with one attached hydrogen (secondary N) is 1. The number of carbonyl (C=O) groups excluding carboxylic acids is 1. The maximum absolute atomic E-state index is 11.2. The van der Waals surface area contributed by atoms with E-state index in [2.05, 4.69) is 26.0 Å². The van der Waals surface area contributed by atoms with E-state index in [0.717, 1.165) is 10.2 Å². The first kappa shape index (κ1) is 10.3. The van der Waals surface area contributed by atoms with Gasteiger partial charge >= 0.3 is 5.97 Å². The molecule has 0 aliphatic carbocycles. The summed E-state index contributed by atoms with van der Waals surface area (Å²) in [5, 5.41) is 3.11. The van der Waals surface area contributed by atoms with Crippen LogP contribution in [-0.2, 0) is 9.53 Å². The molecule has 1 N–H and O–H groups in total. The standard InChI is InChI=1S/C10H10BrNO3/c1-14-10(13)9-5-12-7-4-6(11)2-3-8(7)15-9/h2-4,9,12H,5H2,1H3. The molecule has 0 saturated carbocycles. The number of ether oxygens (including phenoxy) is 2. The summed E-state index contributed by atoms with van der Waals surface area (Å²) in [5.74, 6) is 0.302. The van der Waals surface area contributed by atoms with E-state index in [-0.39, 0.29) is 5.97 Å². The van der Waals surface area contributed by atoms with Gasteiger partial charge in [-0.2, -0.15) is 0 Å². The van der Waals surface area contributed by atoms with Gasteiger partial charge in [0, 0.05) is 4.47 Å². The first-order valence-electron chi connectivity index (χ1n) is 4.48. The minimum Gasteiger partial charge on any atom is -0.475 e. The molecule has 0 aromatic heterocycles. The molecule has 15 heavy (non-hydrogen) atoms. The number of esters is 1. The van der Waals surface area contributed by atoms with Gasteiger partial charge in [0.05, 0.1) is 19.3 Å². The molecule has 1 aliphatic rings. The highest BCUT2D eigenvalue weighted by Crippen LogP contribution is 2.31. The van der Waals surface area contributed by atoms with E-state index in [9.17, 15) is 4.79 Å². The highest BCUT2D eigenvalue weighted by atomic mass is 79.9. The minimum atomic E-state index is -0.566. The van der Waals surface area contributed by atoms with Gasteiger partial charge < -0.3 is 14.8 Å². The van der Waals surface area contributed by atoms with E-state index in [0.29, 0.717) is 12.3 Å². The highest BCUT2D eigenvalue weighted by molar-refractivity contribution is 9.10. The molecule has 5 heteroatoms. The van der Waals surface area contributed by atoms with E-state index in [1.165, 1.54) is 7.11 Å². The van der Waals surface area contributed by atoms with Crippen LogP contribution in [0.2, 0.25) is 0 Å². The Labute approximate surface area is 95.7 Å². The van der Waals surface area contributed by atoms with Gasteiger partial charge in [-0.3, -0.25) is 0 Å². The lowest BCUT2D eigenvalue weighted by Crippen LogP contribution is -2.38. The molecule has 0 bridgehead atoms. The van der Waals surface area contributed by atoms with Crippen LogP contribution in [0.25, 0.3) is 0 Å². The average molecular weight is 272 g/mol. The van der Waals surface area contributed by atoms with Gasteiger partial charge in [0.1, 0.15) is 5.75 Å². The van der Waals surface area contributed by atoms with Crippen LogP contribution in [0, 0.1) is 0 Å². The molecule has 0 amide bonds. The van der Waals surface area contributed by atoms with Gasteiger partial charge in [0.2, 0.25) is 6.10 Å². The summed E-state index contributed by atoms with van der Waals surface area (Å²) in [6.07, 6.45) is -0.566. The van der Waals surface area contributed by atoms with E-state index in [1.54, 1.807) is 0 Å². The molecular weight excluding hydrogens is 262 g/mol. The van der Waals surface area contributed by atoms with Crippen LogP contribution in [0.1, 0.15) is 0 Å². The Kier molecular flexibility index (Phi) is 2.81. The Morgan fingerprint density at radius 2 is 2.47 bits per heavy atom. The molecule has 0 saturated heterocycles. The third-order valence-corrected chi connectivity index (χ3v) is 2.65. The zero-order valence-electron chi connectivity index (χ0n) is 8.12. The van der Waals surface area contributed by atoms with Crippen molar-refractivity contribution >= 4 is 27.6 Å². The minimum absolute atomic E-state index is 0.365. The molecule has 2 rings (SSSR count). The molecule has 1 atom stereocenters. The van der Waals surface area contributed by atoms with Crippen molar-refractivity contribution in [3.63, 3.8) is 0 Å². The van der Waals surface area contributed by atoms with E-state index < -0.39 is 6.10 Å². The summed E-state index contributed by atoms with van der Waals surface area (Å²) < 4.78 is 11.1. The first-order chi connectivity index (χ1) is 7.20. The molecule has 0 fully saturated rings. The summed E-state index contributed by atoms with van der Waals surface area (Å²) >= 11 is 3.36. The second kappa shape index (κ2) is 4.10. The third kappa shape index (κ3) is 2.07. The van der Waals surface area contributed by atoms with Gasteiger partial charge in [-0.15, -0.1) is 0 Å². The van der Waals surface area contributed by atoms with Gasteiger partial charge in [-0.25, -0.2) is 4.79 Å². The highest BCUT2D eigenvalue weighted by Gasteiger charge is 2.26. The van der Waals surface area contributed by atoms with Crippen LogP contribution in [0.4, 0.5) is 5.69 Å². The normalized spacial score (nSPS) is 18.4. The smallest absolute Gasteiger partial charge is 0.348 e. The Bertz CT molecular complexity index is 394. The number of hydrogen-bond donors (Lipinski definition) is 1. The summed E-state index contributed by atoms with van der Waals surface area (Å²) in [5.41, 5.74) is 0.879. The predicted molar refractivity (Wildman–Crippen MR) is 59.1 cm³/mol. The van der Waals surface area contributed by atoms with E-state index in [4.69, 9.17) is 4.74 Å². The maximum Gasteiger partial charge on any atom is 0.348 e.